The van der Waals surface area contributed by atoms with Gasteiger partial charge in [0, 0.05) is 34.2 Å². The molecule has 146 valence electrons. The molecule has 4 aromatic rings. The van der Waals surface area contributed by atoms with Crippen molar-refractivity contribution < 1.29 is 13.9 Å². The Labute approximate surface area is 169 Å². The molecular weight excluding hydrogens is 362 g/mol. The zero-order chi connectivity index (χ0) is 20.4. The molecule has 1 aromatic heterocycles. The Kier molecular flexibility index (Phi) is 5.09. The average molecular weight is 385 g/mol. The zero-order valence-corrected chi connectivity index (χ0v) is 16.8. The van der Waals surface area contributed by atoms with E-state index in [9.17, 15) is 4.79 Å². The Hall–Kier alpha value is -3.53. The summed E-state index contributed by atoms with van der Waals surface area (Å²) < 4.78 is 11.4. The van der Waals surface area contributed by atoms with Crippen molar-refractivity contribution >= 4 is 38.9 Å². The van der Waals surface area contributed by atoms with Gasteiger partial charge in [-0.1, -0.05) is 36.4 Å². The van der Waals surface area contributed by atoms with Gasteiger partial charge in [-0.2, -0.15) is 0 Å². The van der Waals surface area contributed by atoms with Crippen molar-refractivity contribution in [2.45, 2.75) is 20.8 Å². The summed E-state index contributed by atoms with van der Waals surface area (Å²) in [5.41, 5.74) is 4.34. The van der Waals surface area contributed by atoms with Crippen LogP contribution in [0.1, 0.15) is 25.0 Å². The average Bonchev–Trinajstić information content (AvgIpc) is 3.08. The van der Waals surface area contributed by atoms with E-state index in [-0.39, 0.29) is 5.91 Å². The minimum Gasteiger partial charge on any atom is -0.493 e. The van der Waals surface area contributed by atoms with E-state index in [0.717, 1.165) is 44.1 Å². The molecule has 0 saturated carbocycles. The minimum atomic E-state index is -0.176. The molecule has 1 N–H and O–H groups in total. The third-order valence-electron chi connectivity index (χ3n) is 4.99. The number of benzene rings is 3. The summed E-state index contributed by atoms with van der Waals surface area (Å²) in [6.07, 6.45) is 3.34. The topological polar surface area (TPSA) is 51.5 Å². The second kappa shape index (κ2) is 7.84. The standard InChI is InChI=1S/C25H23NO3/c1-4-28-23-14-24-21(17(3)15-29-24)13-20(23)16(2)12-25(27)26-22-11-7-9-18-8-5-6-10-19(18)22/h5-15H,4H2,1-3H3,(H,26,27)/b16-12+. The van der Waals surface area contributed by atoms with Crippen LogP contribution < -0.4 is 10.1 Å². The van der Waals surface area contributed by atoms with E-state index >= 15 is 0 Å². The number of hydrogen-bond acceptors (Lipinski definition) is 3. The van der Waals surface area contributed by atoms with E-state index in [1.54, 1.807) is 12.3 Å². The normalized spacial score (nSPS) is 11.8. The number of furan rings is 1. The van der Waals surface area contributed by atoms with Gasteiger partial charge in [0.15, 0.2) is 0 Å². The highest BCUT2D eigenvalue weighted by molar-refractivity contribution is 6.09. The number of nitrogens with one attached hydrogen (secondary N) is 1. The summed E-state index contributed by atoms with van der Waals surface area (Å²) in [6, 6.07) is 17.8. The van der Waals surface area contributed by atoms with Crippen LogP contribution in [0.2, 0.25) is 0 Å². The number of hydrogen-bond donors (Lipinski definition) is 1. The smallest absolute Gasteiger partial charge is 0.248 e. The first-order chi connectivity index (χ1) is 14.1. The van der Waals surface area contributed by atoms with Crippen LogP contribution in [-0.4, -0.2) is 12.5 Å². The largest absolute Gasteiger partial charge is 0.493 e. The lowest BCUT2D eigenvalue weighted by Gasteiger charge is -2.12. The molecule has 29 heavy (non-hydrogen) atoms. The number of amides is 1. The monoisotopic (exact) mass is 385 g/mol. The molecule has 0 saturated heterocycles. The number of carbonyl (C=O) groups is 1. The first-order valence-corrected chi connectivity index (χ1v) is 9.69. The fourth-order valence-corrected chi connectivity index (χ4v) is 3.54. The summed E-state index contributed by atoms with van der Waals surface area (Å²) in [7, 11) is 0. The Morgan fingerprint density at radius 3 is 2.72 bits per heavy atom. The van der Waals surface area contributed by atoms with Crippen molar-refractivity contribution in [1.82, 2.24) is 0 Å². The van der Waals surface area contributed by atoms with Crippen LogP contribution >= 0.6 is 0 Å². The molecular formula is C25H23NO3. The predicted molar refractivity (Wildman–Crippen MR) is 118 cm³/mol. The molecule has 0 fully saturated rings. The fraction of sp³-hybridized carbons (Fsp3) is 0.160. The van der Waals surface area contributed by atoms with Crippen molar-refractivity contribution in [3.05, 3.63) is 78.1 Å². The number of aryl methyl sites for hydroxylation is 1. The van der Waals surface area contributed by atoms with Crippen LogP contribution in [0.25, 0.3) is 27.3 Å². The van der Waals surface area contributed by atoms with Gasteiger partial charge in [-0.25, -0.2) is 0 Å². The third-order valence-corrected chi connectivity index (χ3v) is 4.99. The predicted octanol–water partition coefficient (Wildman–Crippen LogP) is 6.34. The summed E-state index contributed by atoms with van der Waals surface area (Å²) in [6.45, 7) is 6.39. The summed E-state index contributed by atoms with van der Waals surface area (Å²) >= 11 is 0. The molecule has 0 unspecified atom stereocenters. The highest BCUT2D eigenvalue weighted by atomic mass is 16.5. The van der Waals surface area contributed by atoms with Crippen molar-refractivity contribution in [2.75, 3.05) is 11.9 Å². The van der Waals surface area contributed by atoms with E-state index in [1.165, 1.54) is 0 Å². The van der Waals surface area contributed by atoms with Crippen LogP contribution in [-0.2, 0) is 4.79 Å². The van der Waals surface area contributed by atoms with Gasteiger partial charge in [0.05, 0.1) is 12.9 Å². The zero-order valence-electron chi connectivity index (χ0n) is 16.8. The van der Waals surface area contributed by atoms with Crippen LogP contribution in [0.4, 0.5) is 5.69 Å². The van der Waals surface area contributed by atoms with E-state index < -0.39 is 0 Å². The summed E-state index contributed by atoms with van der Waals surface area (Å²) in [4.78, 5) is 12.7. The molecule has 4 nitrogen and oxygen atoms in total. The van der Waals surface area contributed by atoms with Crippen molar-refractivity contribution in [3.63, 3.8) is 0 Å². The van der Waals surface area contributed by atoms with Crippen molar-refractivity contribution in [2.24, 2.45) is 0 Å². The Morgan fingerprint density at radius 1 is 1.10 bits per heavy atom. The molecule has 0 aliphatic carbocycles. The number of fused-ring (bicyclic) bond motifs is 2. The lowest BCUT2D eigenvalue weighted by molar-refractivity contribution is -0.111. The minimum absolute atomic E-state index is 0.176. The summed E-state index contributed by atoms with van der Waals surface area (Å²) in [5.74, 6) is 0.534. The maximum absolute atomic E-state index is 12.7. The molecule has 0 atom stereocenters. The lowest BCUT2D eigenvalue weighted by atomic mass is 10.0. The quantitative estimate of drug-likeness (QED) is 0.408. The highest BCUT2D eigenvalue weighted by Crippen LogP contribution is 2.33. The number of rotatable bonds is 5. The maximum Gasteiger partial charge on any atom is 0.248 e. The Bertz CT molecular complexity index is 1230. The van der Waals surface area contributed by atoms with E-state index in [0.29, 0.717) is 12.4 Å². The highest BCUT2D eigenvalue weighted by Gasteiger charge is 2.13. The van der Waals surface area contributed by atoms with Crippen LogP contribution in [0.3, 0.4) is 0 Å². The lowest BCUT2D eigenvalue weighted by Crippen LogP contribution is -2.09. The molecule has 4 rings (SSSR count). The molecule has 3 aromatic carbocycles. The molecule has 1 amide bonds. The third kappa shape index (κ3) is 3.74. The number of allylic oxidation sites excluding steroid dienone is 1. The number of anilines is 1. The summed E-state index contributed by atoms with van der Waals surface area (Å²) in [5, 5.41) is 6.13. The molecule has 0 radical (unpaired) electrons. The molecule has 0 aliphatic rings. The van der Waals surface area contributed by atoms with Crippen molar-refractivity contribution in [3.8, 4) is 5.75 Å². The van der Waals surface area contributed by atoms with Crippen LogP contribution in [0.15, 0.2) is 71.4 Å². The molecule has 0 spiro atoms. The van der Waals surface area contributed by atoms with Gasteiger partial charge in [0.2, 0.25) is 5.91 Å². The van der Waals surface area contributed by atoms with Crippen LogP contribution in [0, 0.1) is 6.92 Å². The van der Waals surface area contributed by atoms with Gasteiger partial charge in [-0.3, -0.25) is 4.79 Å². The van der Waals surface area contributed by atoms with Gasteiger partial charge < -0.3 is 14.5 Å². The molecule has 4 heteroatoms. The molecule has 0 bridgehead atoms. The fourth-order valence-electron chi connectivity index (χ4n) is 3.54. The Balaban J connectivity index is 1.68. The van der Waals surface area contributed by atoms with Gasteiger partial charge >= 0.3 is 0 Å². The SMILES string of the molecule is CCOc1cc2occ(C)c2cc1/C(C)=C/C(=O)Nc1cccc2ccccc12. The number of carbonyl (C=O) groups excluding carboxylic acids is 1. The maximum atomic E-state index is 12.7. The first-order valence-electron chi connectivity index (χ1n) is 9.69. The first kappa shape index (κ1) is 18.8. The van der Waals surface area contributed by atoms with E-state index in [4.69, 9.17) is 9.15 Å². The van der Waals surface area contributed by atoms with E-state index in [2.05, 4.69) is 5.32 Å². The van der Waals surface area contributed by atoms with Crippen LogP contribution in [0.5, 0.6) is 5.75 Å². The van der Waals surface area contributed by atoms with Gasteiger partial charge in [0.25, 0.3) is 0 Å². The number of ether oxygens (including phenoxy) is 1. The molecule has 0 aliphatic heterocycles. The second-order valence-electron chi connectivity index (χ2n) is 7.04. The van der Waals surface area contributed by atoms with Gasteiger partial charge in [0.1, 0.15) is 11.3 Å². The molecule has 1 heterocycles. The van der Waals surface area contributed by atoms with Gasteiger partial charge in [-0.05, 0) is 49.4 Å². The van der Waals surface area contributed by atoms with Gasteiger partial charge in [-0.15, -0.1) is 0 Å². The van der Waals surface area contributed by atoms with E-state index in [1.807, 2.05) is 75.4 Å². The second-order valence-corrected chi connectivity index (χ2v) is 7.04. The Morgan fingerprint density at radius 2 is 1.90 bits per heavy atom. The van der Waals surface area contributed by atoms with Crippen molar-refractivity contribution in [1.29, 1.82) is 0 Å².